The lowest BCUT2D eigenvalue weighted by Crippen LogP contribution is -2.36. The normalized spacial score (nSPS) is 15.2. The largest absolute Gasteiger partial charge is 0.384 e. The van der Waals surface area contributed by atoms with E-state index >= 15 is 0 Å². The minimum absolute atomic E-state index is 0.0204. The van der Waals surface area contributed by atoms with Crippen LogP contribution in [0, 0.1) is 0 Å². The topological polar surface area (TPSA) is 54.4 Å². The fraction of sp³-hybridized carbons (Fsp3) is 0.622. The van der Waals surface area contributed by atoms with E-state index in [9.17, 15) is 13.5 Å². The van der Waals surface area contributed by atoms with Crippen LogP contribution in [0.15, 0.2) is 80.4 Å². The number of hydrogen-bond donors (Lipinski definition) is 1. The SMILES string of the molecule is CCS(=O)(=O)/C(=C(/C)CCC=C(C)C)C(O)(CC=C(C)CCC=C(C)CCC=C(C)C)C/C=C(\C)CCC=C(C)C. The van der Waals surface area contributed by atoms with E-state index in [-0.39, 0.29) is 23.5 Å². The molecule has 0 fully saturated rings. The minimum Gasteiger partial charge on any atom is -0.384 e. The van der Waals surface area contributed by atoms with Gasteiger partial charge in [0.05, 0.1) is 10.7 Å². The first-order valence-corrected chi connectivity index (χ1v) is 17.2. The van der Waals surface area contributed by atoms with Gasteiger partial charge in [-0.3, -0.25) is 0 Å². The first-order valence-electron chi connectivity index (χ1n) is 15.6. The number of hydrogen-bond acceptors (Lipinski definition) is 3. The first-order chi connectivity index (χ1) is 19.0. The summed E-state index contributed by atoms with van der Waals surface area (Å²) >= 11 is 0. The number of rotatable bonds is 19. The van der Waals surface area contributed by atoms with Gasteiger partial charge in [-0.2, -0.15) is 0 Å². The van der Waals surface area contributed by atoms with Crippen molar-refractivity contribution in [2.45, 2.75) is 146 Å². The first kappa shape index (κ1) is 39.1. The molecule has 4 heteroatoms. The van der Waals surface area contributed by atoms with Crippen LogP contribution in [0.1, 0.15) is 140 Å². The van der Waals surface area contributed by atoms with Gasteiger partial charge in [-0.25, -0.2) is 8.42 Å². The highest BCUT2D eigenvalue weighted by Gasteiger charge is 2.38. The Bertz CT molecular complexity index is 1120. The Balaban J connectivity index is 6.21. The molecule has 234 valence electrons. The molecule has 0 spiro atoms. The molecular formula is C37H62O3S. The smallest absolute Gasteiger partial charge is 0.177 e. The molecule has 0 aromatic carbocycles. The maximum absolute atomic E-state index is 13.5. The molecule has 0 aromatic rings. The Morgan fingerprint density at radius 1 is 0.561 bits per heavy atom. The van der Waals surface area contributed by atoms with Crippen LogP contribution in [-0.4, -0.2) is 24.9 Å². The van der Waals surface area contributed by atoms with Gasteiger partial charge in [0.25, 0.3) is 0 Å². The van der Waals surface area contributed by atoms with Gasteiger partial charge < -0.3 is 5.11 Å². The van der Waals surface area contributed by atoms with E-state index < -0.39 is 15.4 Å². The Morgan fingerprint density at radius 3 is 1.27 bits per heavy atom. The van der Waals surface area contributed by atoms with E-state index in [1.165, 1.54) is 33.4 Å². The summed E-state index contributed by atoms with van der Waals surface area (Å²) in [6.07, 6.45) is 20.8. The summed E-state index contributed by atoms with van der Waals surface area (Å²) in [6, 6.07) is 0. The lowest BCUT2D eigenvalue weighted by atomic mass is 9.89. The zero-order chi connectivity index (χ0) is 31.6. The van der Waals surface area contributed by atoms with Crippen molar-refractivity contribution in [2.75, 3.05) is 5.75 Å². The van der Waals surface area contributed by atoms with Gasteiger partial charge in [0.1, 0.15) is 5.60 Å². The van der Waals surface area contributed by atoms with E-state index in [0.717, 1.165) is 50.5 Å². The molecule has 1 atom stereocenters. The molecule has 0 amide bonds. The highest BCUT2D eigenvalue weighted by Crippen LogP contribution is 2.36. The second-order valence-corrected chi connectivity index (χ2v) is 14.8. The molecule has 0 radical (unpaired) electrons. The van der Waals surface area contributed by atoms with Gasteiger partial charge in [0.2, 0.25) is 0 Å². The van der Waals surface area contributed by atoms with Crippen molar-refractivity contribution in [3.05, 3.63) is 80.4 Å². The molecule has 0 saturated heterocycles. The van der Waals surface area contributed by atoms with Gasteiger partial charge >= 0.3 is 0 Å². The van der Waals surface area contributed by atoms with Crippen LogP contribution in [0.2, 0.25) is 0 Å². The molecule has 41 heavy (non-hydrogen) atoms. The molecule has 0 rings (SSSR count). The second kappa shape index (κ2) is 20.1. The van der Waals surface area contributed by atoms with E-state index in [2.05, 4.69) is 98.8 Å². The fourth-order valence-corrected chi connectivity index (χ4v) is 6.44. The molecule has 0 aliphatic carbocycles. The van der Waals surface area contributed by atoms with Crippen molar-refractivity contribution in [1.29, 1.82) is 0 Å². The molecule has 1 unspecified atom stereocenters. The maximum Gasteiger partial charge on any atom is 0.177 e. The van der Waals surface area contributed by atoms with Gasteiger partial charge in [-0.1, -0.05) is 82.4 Å². The third-order valence-corrected chi connectivity index (χ3v) is 9.47. The Labute approximate surface area is 254 Å². The Morgan fingerprint density at radius 2 is 0.902 bits per heavy atom. The quantitative estimate of drug-likeness (QED) is 0.153. The van der Waals surface area contributed by atoms with Gasteiger partial charge in [-0.05, 0) is 133 Å². The molecular weight excluding hydrogens is 524 g/mol. The third kappa shape index (κ3) is 17.6. The zero-order valence-corrected chi connectivity index (χ0v) is 29.2. The Kier molecular flexibility index (Phi) is 19.1. The molecule has 0 aliphatic rings. The molecule has 0 bridgehead atoms. The number of allylic oxidation sites excluding steroid dienone is 11. The second-order valence-electron chi connectivity index (χ2n) is 12.6. The molecule has 0 aromatic heterocycles. The Hall–Kier alpha value is -1.91. The van der Waals surface area contributed by atoms with E-state index in [1.807, 2.05) is 6.92 Å². The zero-order valence-electron chi connectivity index (χ0n) is 28.4. The van der Waals surface area contributed by atoms with Gasteiger partial charge in [0.15, 0.2) is 9.84 Å². The average molecular weight is 587 g/mol. The predicted octanol–water partition coefficient (Wildman–Crippen LogP) is 11.1. The van der Waals surface area contributed by atoms with Crippen molar-refractivity contribution in [1.82, 2.24) is 0 Å². The van der Waals surface area contributed by atoms with Crippen molar-refractivity contribution >= 4 is 9.84 Å². The molecule has 1 N–H and O–H groups in total. The summed E-state index contributed by atoms with van der Waals surface area (Å²) in [6.45, 7) is 22.5. The van der Waals surface area contributed by atoms with Crippen LogP contribution in [0.3, 0.4) is 0 Å². The fourth-order valence-electron chi connectivity index (χ4n) is 4.77. The van der Waals surface area contributed by atoms with Crippen LogP contribution >= 0.6 is 0 Å². The van der Waals surface area contributed by atoms with Crippen LogP contribution in [0.25, 0.3) is 0 Å². The number of aliphatic hydroxyl groups is 1. The predicted molar refractivity (Wildman–Crippen MR) is 183 cm³/mol. The minimum atomic E-state index is -3.61. The summed E-state index contributed by atoms with van der Waals surface area (Å²) in [5.74, 6) is -0.0204. The maximum atomic E-state index is 13.5. The van der Waals surface area contributed by atoms with Crippen molar-refractivity contribution in [2.24, 2.45) is 0 Å². The van der Waals surface area contributed by atoms with Crippen molar-refractivity contribution in [3.63, 3.8) is 0 Å². The average Bonchev–Trinajstić information content (AvgIpc) is 2.85. The van der Waals surface area contributed by atoms with Crippen LogP contribution in [-0.2, 0) is 9.84 Å². The van der Waals surface area contributed by atoms with Crippen molar-refractivity contribution < 1.29 is 13.5 Å². The van der Waals surface area contributed by atoms with E-state index in [1.54, 1.807) is 6.92 Å². The standard InChI is InChI=1S/C37H62O3S/c1-12-41(39,40)36(35(11)24-15-19-31(6)7)37(38,27-25-33(9)21-14-18-30(4)5)28-26-34(10)23-16-22-32(8)20-13-17-29(2)3/h17-19,22,25-26,38H,12-16,20-21,23-24,27-28H2,1-11H3/b32-22?,33-25+,34-26?,36-35-. The highest BCUT2D eigenvalue weighted by molar-refractivity contribution is 7.95. The highest BCUT2D eigenvalue weighted by atomic mass is 32.2. The van der Waals surface area contributed by atoms with Crippen molar-refractivity contribution in [3.8, 4) is 0 Å². The number of sulfone groups is 1. The summed E-state index contributed by atoms with van der Waals surface area (Å²) < 4.78 is 27.0. The van der Waals surface area contributed by atoms with Crippen LogP contribution < -0.4 is 0 Å². The lowest BCUT2D eigenvalue weighted by molar-refractivity contribution is 0.0906. The van der Waals surface area contributed by atoms with Gasteiger partial charge in [-0.15, -0.1) is 0 Å². The van der Waals surface area contributed by atoms with Gasteiger partial charge in [0, 0.05) is 0 Å². The third-order valence-electron chi connectivity index (χ3n) is 7.36. The molecule has 3 nitrogen and oxygen atoms in total. The summed E-state index contributed by atoms with van der Waals surface area (Å²) in [4.78, 5) is 0.224. The summed E-state index contributed by atoms with van der Waals surface area (Å²) in [5, 5.41) is 12.2. The molecule has 0 aliphatic heterocycles. The monoisotopic (exact) mass is 586 g/mol. The molecule has 0 saturated carbocycles. The van der Waals surface area contributed by atoms with Crippen LogP contribution in [0.4, 0.5) is 0 Å². The lowest BCUT2D eigenvalue weighted by Gasteiger charge is -2.31. The molecule has 0 heterocycles. The van der Waals surface area contributed by atoms with Crippen LogP contribution in [0.5, 0.6) is 0 Å². The summed E-state index contributed by atoms with van der Waals surface area (Å²) in [5.41, 5.74) is 6.89. The van der Waals surface area contributed by atoms with E-state index in [4.69, 9.17) is 0 Å². The summed E-state index contributed by atoms with van der Waals surface area (Å²) in [7, 11) is -3.61. The van der Waals surface area contributed by atoms with E-state index in [0.29, 0.717) is 6.42 Å².